The molecule has 1 heterocycles. The second-order valence-corrected chi connectivity index (χ2v) is 5.66. The quantitative estimate of drug-likeness (QED) is 0.699. The van der Waals surface area contributed by atoms with E-state index in [4.69, 9.17) is 16.3 Å². The van der Waals surface area contributed by atoms with E-state index in [1.54, 1.807) is 18.3 Å². The van der Waals surface area contributed by atoms with Gasteiger partial charge < -0.3 is 15.0 Å². The monoisotopic (exact) mass is 342 g/mol. The van der Waals surface area contributed by atoms with Crippen molar-refractivity contribution in [3.05, 3.63) is 70.9 Å². The van der Waals surface area contributed by atoms with Crippen LogP contribution in [0.4, 0.5) is 0 Å². The summed E-state index contributed by atoms with van der Waals surface area (Å²) in [5.41, 5.74) is 2.17. The second-order valence-electron chi connectivity index (χ2n) is 5.23. The average Bonchev–Trinajstić information content (AvgIpc) is 3.03. The minimum atomic E-state index is -0.533. The Morgan fingerprint density at radius 2 is 1.83 bits per heavy atom. The molecular weight excluding hydrogens is 328 g/mol. The molecule has 0 bridgehead atoms. The Hall–Kier alpha value is -2.79. The molecule has 0 radical (unpaired) electrons. The molecule has 0 aliphatic rings. The highest BCUT2D eigenvalue weighted by molar-refractivity contribution is 6.30. The number of aromatic amines is 1. The van der Waals surface area contributed by atoms with Gasteiger partial charge in [0.25, 0.3) is 5.91 Å². The van der Waals surface area contributed by atoms with Crippen LogP contribution in [0.15, 0.2) is 54.7 Å². The highest BCUT2D eigenvalue weighted by atomic mass is 35.5. The van der Waals surface area contributed by atoms with Crippen molar-refractivity contribution in [1.82, 2.24) is 10.3 Å². The summed E-state index contributed by atoms with van der Waals surface area (Å²) in [5.74, 6) is -0.896. The molecule has 0 saturated heterocycles. The fraction of sp³-hybridized carbons (Fsp3) is 0.111. The topological polar surface area (TPSA) is 71.2 Å². The molecule has 1 aromatic heterocycles. The van der Waals surface area contributed by atoms with E-state index in [2.05, 4.69) is 10.3 Å². The molecule has 2 N–H and O–H groups in total. The zero-order valence-electron chi connectivity index (χ0n) is 12.7. The number of para-hydroxylation sites is 1. The van der Waals surface area contributed by atoms with E-state index in [9.17, 15) is 9.59 Å². The number of carbonyl (C=O) groups is 2. The average molecular weight is 343 g/mol. The molecule has 24 heavy (non-hydrogen) atoms. The Bertz CT molecular complexity index is 871. The Morgan fingerprint density at radius 3 is 2.62 bits per heavy atom. The van der Waals surface area contributed by atoms with Crippen molar-refractivity contribution >= 4 is 34.4 Å². The first-order chi connectivity index (χ1) is 11.6. The molecule has 0 aliphatic heterocycles. The van der Waals surface area contributed by atoms with Gasteiger partial charge in [-0.1, -0.05) is 41.9 Å². The van der Waals surface area contributed by atoms with Crippen molar-refractivity contribution in [3.8, 4) is 0 Å². The van der Waals surface area contributed by atoms with Crippen LogP contribution < -0.4 is 5.32 Å². The Balaban J connectivity index is 1.52. The third kappa shape index (κ3) is 3.75. The van der Waals surface area contributed by atoms with Gasteiger partial charge in [-0.25, -0.2) is 4.79 Å². The number of amides is 1. The zero-order chi connectivity index (χ0) is 16.9. The number of carbonyl (C=O) groups excluding carboxylic acids is 2. The lowest BCUT2D eigenvalue weighted by molar-refractivity contribution is -0.124. The van der Waals surface area contributed by atoms with Crippen LogP contribution in [-0.4, -0.2) is 23.5 Å². The summed E-state index contributed by atoms with van der Waals surface area (Å²) in [6.45, 7) is 0.0204. The maximum atomic E-state index is 12.1. The molecule has 3 aromatic rings. The number of esters is 1. The molecule has 0 saturated carbocycles. The number of halogens is 1. The standard InChI is InChI=1S/C18H15ClN2O3/c19-13-7-5-12(6-8-13)9-21-17(22)11-24-18(23)15-10-20-16-4-2-1-3-14(15)16/h1-8,10,20H,9,11H2,(H,21,22). The molecule has 3 rings (SSSR count). The van der Waals surface area contributed by atoms with E-state index >= 15 is 0 Å². The number of hydrogen-bond acceptors (Lipinski definition) is 3. The first-order valence-electron chi connectivity index (χ1n) is 7.38. The molecular formula is C18H15ClN2O3. The number of rotatable bonds is 5. The van der Waals surface area contributed by atoms with Gasteiger partial charge in [0.05, 0.1) is 5.56 Å². The van der Waals surface area contributed by atoms with Crippen molar-refractivity contribution < 1.29 is 14.3 Å². The van der Waals surface area contributed by atoms with Gasteiger partial charge in [-0.05, 0) is 23.8 Å². The maximum absolute atomic E-state index is 12.1. The zero-order valence-corrected chi connectivity index (χ0v) is 13.5. The number of fused-ring (bicyclic) bond motifs is 1. The molecule has 0 fully saturated rings. The predicted octanol–water partition coefficient (Wildman–Crippen LogP) is 3.29. The Labute approximate surface area is 143 Å². The number of hydrogen-bond donors (Lipinski definition) is 2. The van der Waals surface area contributed by atoms with Crippen LogP contribution in [0.3, 0.4) is 0 Å². The highest BCUT2D eigenvalue weighted by Crippen LogP contribution is 2.18. The third-order valence-corrected chi connectivity index (χ3v) is 3.80. The number of nitrogens with one attached hydrogen (secondary N) is 2. The van der Waals surface area contributed by atoms with Gasteiger partial charge in [0, 0.05) is 28.7 Å². The van der Waals surface area contributed by atoms with E-state index in [-0.39, 0.29) is 12.5 Å². The van der Waals surface area contributed by atoms with Crippen molar-refractivity contribution in [2.75, 3.05) is 6.61 Å². The smallest absolute Gasteiger partial charge is 0.340 e. The summed E-state index contributed by atoms with van der Waals surface area (Å²) in [6, 6.07) is 14.5. The van der Waals surface area contributed by atoms with Crippen LogP contribution in [0.1, 0.15) is 15.9 Å². The molecule has 1 amide bonds. The van der Waals surface area contributed by atoms with Gasteiger partial charge in [0.1, 0.15) is 0 Å². The second kappa shape index (κ2) is 7.19. The summed E-state index contributed by atoms with van der Waals surface area (Å²) in [6.07, 6.45) is 1.58. The molecule has 0 spiro atoms. The van der Waals surface area contributed by atoms with E-state index in [1.807, 2.05) is 36.4 Å². The van der Waals surface area contributed by atoms with Crippen molar-refractivity contribution in [3.63, 3.8) is 0 Å². The van der Waals surface area contributed by atoms with Crippen LogP contribution in [0.25, 0.3) is 10.9 Å². The molecule has 6 heteroatoms. The predicted molar refractivity (Wildman–Crippen MR) is 91.9 cm³/mol. The van der Waals surface area contributed by atoms with Crippen LogP contribution in [-0.2, 0) is 16.1 Å². The first-order valence-corrected chi connectivity index (χ1v) is 7.75. The summed E-state index contributed by atoms with van der Waals surface area (Å²) < 4.78 is 5.07. The van der Waals surface area contributed by atoms with Crippen LogP contribution in [0.5, 0.6) is 0 Å². The number of H-pyrrole nitrogens is 1. The fourth-order valence-electron chi connectivity index (χ4n) is 2.30. The van der Waals surface area contributed by atoms with Crippen LogP contribution >= 0.6 is 11.6 Å². The van der Waals surface area contributed by atoms with Gasteiger partial charge in [0.2, 0.25) is 0 Å². The lowest BCUT2D eigenvalue weighted by Crippen LogP contribution is -2.28. The number of benzene rings is 2. The maximum Gasteiger partial charge on any atom is 0.340 e. The van der Waals surface area contributed by atoms with E-state index < -0.39 is 5.97 Å². The Kier molecular flexibility index (Phi) is 4.82. The van der Waals surface area contributed by atoms with E-state index in [1.165, 1.54) is 0 Å². The molecule has 0 unspecified atom stereocenters. The minimum absolute atomic E-state index is 0.327. The highest BCUT2D eigenvalue weighted by Gasteiger charge is 2.14. The van der Waals surface area contributed by atoms with Crippen molar-refractivity contribution in [1.29, 1.82) is 0 Å². The lowest BCUT2D eigenvalue weighted by atomic mass is 10.2. The van der Waals surface area contributed by atoms with Gasteiger partial charge in [0.15, 0.2) is 6.61 Å². The largest absolute Gasteiger partial charge is 0.452 e. The summed E-state index contributed by atoms with van der Waals surface area (Å²) in [5, 5.41) is 4.09. The van der Waals surface area contributed by atoms with Crippen molar-refractivity contribution in [2.45, 2.75) is 6.54 Å². The Morgan fingerprint density at radius 1 is 1.08 bits per heavy atom. The SMILES string of the molecule is O=C(COC(=O)c1c[nH]c2ccccc12)NCc1ccc(Cl)cc1. The van der Waals surface area contributed by atoms with Crippen LogP contribution in [0.2, 0.25) is 5.02 Å². The van der Waals surface area contributed by atoms with E-state index in [0.717, 1.165) is 16.5 Å². The third-order valence-electron chi connectivity index (χ3n) is 3.55. The van der Waals surface area contributed by atoms with Gasteiger partial charge in [-0.2, -0.15) is 0 Å². The van der Waals surface area contributed by atoms with Crippen LogP contribution in [0, 0.1) is 0 Å². The lowest BCUT2D eigenvalue weighted by Gasteiger charge is -2.06. The summed E-state index contributed by atoms with van der Waals surface area (Å²) in [4.78, 5) is 26.9. The minimum Gasteiger partial charge on any atom is -0.452 e. The fourth-order valence-corrected chi connectivity index (χ4v) is 2.43. The number of aromatic nitrogens is 1. The normalized spacial score (nSPS) is 10.5. The van der Waals surface area contributed by atoms with Gasteiger partial charge in [-0.3, -0.25) is 4.79 Å². The summed E-state index contributed by atoms with van der Waals surface area (Å²) in [7, 11) is 0. The number of ether oxygens (including phenoxy) is 1. The molecule has 5 nitrogen and oxygen atoms in total. The van der Waals surface area contributed by atoms with Gasteiger partial charge in [-0.15, -0.1) is 0 Å². The first kappa shape index (κ1) is 16.1. The van der Waals surface area contributed by atoms with Crippen molar-refractivity contribution in [2.24, 2.45) is 0 Å². The molecule has 0 atom stereocenters. The van der Waals surface area contributed by atoms with Gasteiger partial charge >= 0.3 is 5.97 Å². The van der Waals surface area contributed by atoms with E-state index in [0.29, 0.717) is 17.1 Å². The molecule has 122 valence electrons. The molecule has 0 aliphatic carbocycles. The summed E-state index contributed by atoms with van der Waals surface area (Å²) >= 11 is 5.80. The molecule has 2 aromatic carbocycles.